The Balaban J connectivity index is 2.03. The van der Waals surface area contributed by atoms with Crippen molar-refractivity contribution in [2.75, 3.05) is 7.11 Å². The lowest BCUT2D eigenvalue weighted by atomic mass is 10.1. The van der Waals surface area contributed by atoms with Crippen LogP contribution in [0.15, 0.2) is 64.6 Å². The minimum Gasteiger partial charge on any atom is -0.505 e. The van der Waals surface area contributed by atoms with Gasteiger partial charge < -0.3 is 9.84 Å². The van der Waals surface area contributed by atoms with Crippen LogP contribution in [0.5, 0.6) is 5.75 Å². The fourth-order valence-electron chi connectivity index (χ4n) is 2.74. The van der Waals surface area contributed by atoms with Crippen molar-refractivity contribution in [3.05, 3.63) is 60.6 Å². The van der Waals surface area contributed by atoms with Gasteiger partial charge in [-0.3, -0.25) is 0 Å². The third-order valence-electron chi connectivity index (χ3n) is 3.84. The second kappa shape index (κ2) is 6.10. The number of hydrogen-bond acceptors (Lipinski definition) is 6. The van der Waals surface area contributed by atoms with Crippen LogP contribution in [0, 0.1) is 0 Å². The number of fused-ring (bicyclic) bond motifs is 3. The molecule has 0 aliphatic carbocycles. The summed E-state index contributed by atoms with van der Waals surface area (Å²) < 4.78 is 6.09. The summed E-state index contributed by atoms with van der Waals surface area (Å²) in [6, 6.07) is 15.4. The molecule has 0 fully saturated rings. The van der Waals surface area contributed by atoms with Crippen molar-refractivity contribution in [2.45, 2.75) is 9.79 Å². The Bertz CT molecular complexity index is 1090. The summed E-state index contributed by atoms with van der Waals surface area (Å²) in [6.07, 6.45) is 1.35. The molecule has 0 radical (unpaired) electrons. The Morgan fingerprint density at radius 1 is 1.16 bits per heavy atom. The number of ether oxygens (including phenoxy) is 1. The number of nitrogens with zero attached hydrogens (tertiary/aromatic N) is 3. The largest absolute Gasteiger partial charge is 0.505 e. The molecular formula is C18H13N3O3S. The molecule has 4 rings (SSSR count). The molecule has 124 valence electrons. The molecule has 0 aliphatic rings. The van der Waals surface area contributed by atoms with Gasteiger partial charge in [0.15, 0.2) is 17.1 Å². The number of hydrogen-bond donors (Lipinski definition) is 1. The summed E-state index contributed by atoms with van der Waals surface area (Å²) in [5.41, 5.74) is 0.455. The highest BCUT2D eigenvalue weighted by Crippen LogP contribution is 2.39. The van der Waals surface area contributed by atoms with Gasteiger partial charge in [-0.15, -0.1) is 0 Å². The number of aromatic hydroxyl groups is 1. The molecule has 2 aromatic heterocycles. The lowest BCUT2D eigenvalue weighted by Crippen LogP contribution is -2.10. The first-order valence-corrected chi connectivity index (χ1v) is 8.31. The average Bonchev–Trinajstić information content (AvgIpc) is 3.11. The molecule has 0 saturated heterocycles. The molecule has 2 aromatic carbocycles. The average molecular weight is 351 g/mol. The number of benzene rings is 2. The summed E-state index contributed by atoms with van der Waals surface area (Å²) in [4.78, 5) is 18.3. The molecule has 6 nitrogen and oxygen atoms in total. The fraction of sp³-hybridized carbons (Fsp3) is 0.0556. The molecule has 25 heavy (non-hydrogen) atoms. The van der Waals surface area contributed by atoms with Crippen LogP contribution in [0.4, 0.5) is 0 Å². The molecule has 1 N–H and O–H groups in total. The Kier molecular flexibility index (Phi) is 3.77. The van der Waals surface area contributed by atoms with E-state index in [1.165, 1.54) is 18.0 Å². The second-order valence-electron chi connectivity index (χ2n) is 5.28. The normalized spacial score (nSPS) is 11.1. The highest BCUT2D eigenvalue weighted by Gasteiger charge is 2.23. The SMILES string of the molecule is COC(=O)c1c(O)c2cccc(Sc3ccccc3)c2c2ncnn12. The van der Waals surface area contributed by atoms with Crippen molar-refractivity contribution >= 4 is 34.2 Å². The van der Waals surface area contributed by atoms with Crippen molar-refractivity contribution in [3.63, 3.8) is 0 Å². The third-order valence-corrected chi connectivity index (χ3v) is 4.91. The van der Waals surface area contributed by atoms with Gasteiger partial charge in [-0.1, -0.05) is 42.1 Å². The number of aromatic nitrogens is 3. The first-order chi connectivity index (χ1) is 12.2. The number of esters is 1. The van der Waals surface area contributed by atoms with Gasteiger partial charge in [0, 0.05) is 20.6 Å². The van der Waals surface area contributed by atoms with Gasteiger partial charge >= 0.3 is 5.97 Å². The summed E-state index contributed by atoms with van der Waals surface area (Å²) in [5, 5.41) is 16.0. The molecule has 0 atom stereocenters. The Labute approximate surface area is 147 Å². The lowest BCUT2D eigenvalue weighted by molar-refractivity contribution is 0.0587. The van der Waals surface area contributed by atoms with E-state index in [2.05, 4.69) is 10.1 Å². The van der Waals surface area contributed by atoms with Crippen molar-refractivity contribution in [1.82, 2.24) is 14.6 Å². The number of carbonyl (C=O) groups excluding carboxylic acids is 1. The van der Waals surface area contributed by atoms with E-state index in [1.54, 1.807) is 17.8 Å². The molecular weight excluding hydrogens is 338 g/mol. The topological polar surface area (TPSA) is 76.7 Å². The molecule has 0 aliphatic heterocycles. The summed E-state index contributed by atoms with van der Waals surface area (Å²) in [7, 11) is 1.26. The molecule has 7 heteroatoms. The smallest absolute Gasteiger partial charge is 0.360 e. The zero-order valence-corrected chi connectivity index (χ0v) is 14.0. The summed E-state index contributed by atoms with van der Waals surface area (Å²) >= 11 is 1.56. The highest BCUT2D eigenvalue weighted by atomic mass is 32.2. The molecule has 0 saturated carbocycles. The van der Waals surface area contributed by atoms with Gasteiger partial charge in [0.05, 0.1) is 7.11 Å². The highest BCUT2D eigenvalue weighted by molar-refractivity contribution is 7.99. The van der Waals surface area contributed by atoms with Gasteiger partial charge in [-0.2, -0.15) is 5.10 Å². The van der Waals surface area contributed by atoms with Crippen LogP contribution in [0.25, 0.3) is 16.4 Å². The minimum absolute atomic E-state index is 0.0376. The van der Waals surface area contributed by atoms with E-state index < -0.39 is 5.97 Å². The number of pyridine rings is 1. The van der Waals surface area contributed by atoms with Gasteiger partial charge in [-0.05, 0) is 18.2 Å². The maximum Gasteiger partial charge on any atom is 0.360 e. The van der Waals surface area contributed by atoms with Gasteiger partial charge in [0.2, 0.25) is 0 Å². The fourth-order valence-corrected chi connectivity index (χ4v) is 3.74. The predicted molar refractivity (Wildman–Crippen MR) is 94.1 cm³/mol. The second-order valence-corrected chi connectivity index (χ2v) is 6.39. The van der Waals surface area contributed by atoms with Gasteiger partial charge in [0.25, 0.3) is 0 Å². The number of methoxy groups -OCH3 is 1. The molecule has 0 amide bonds. The molecule has 0 bridgehead atoms. The zero-order valence-electron chi connectivity index (χ0n) is 13.2. The van der Waals surface area contributed by atoms with Crippen LogP contribution in [0.1, 0.15) is 10.5 Å². The van der Waals surface area contributed by atoms with E-state index in [1.807, 2.05) is 42.5 Å². The lowest BCUT2D eigenvalue weighted by Gasteiger charge is -2.12. The Morgan fingerprint density at radius 2 is 1.96 bits per heavy atom. The van der Waals surface area contributed by atoms with Crippen LogP contribution in [-0.4, -0.2) is 32.8 Å². The van der Waals surface area contributed by atoms with E-state index in [-0.39, 0.29) is 11.4 Å². The van der Waals surface area contributed by atoms with E-state index in [0.29, 0.717) is 11.0 Å². The van der Waals surface area contributed by atoms with Crippen LogP contribution in [0.2, 0.25) is 0 Å². The van der Waals surface area contributed by atoms with E-state index in [0.717, 1.165) is 15.2 Å². The minimum atomic E-state index is -0.670. The maximum absolute atomic E-state index is 12.1. The van der Waals surface area contributed by atoms with Gasteiger partial charge in [0.1, 0.15) is 6.33 Å². The maximum atomic E-state index is 12.1. The molecule has 2 heterocycles. The van der Waals surface area contributed by atoms with E-state index >= 15 is 0 Å². The quantitative estimate of drug-likeness (QED) is 0.569. The van der Waals surface area contributed by atoms with Crippen molar-refractivity contribution in [1.29, 1.82) is 0 Å². The molecule has 0 spiro atoms. The predicted octanol–water partition coefficient (Wildman–Crippen LogP) is 3.53. The zero-order chi connectivity index (χ0) is 17.4. The Morgan fingerprint density at radius 3 is 2.72 bits per heavy atom. The van der Waals surface area contributed by atoms with Crippen molar-refractivity contribution in [2.24, 2.45) is 0 Å². The van der Waals surface area contributed by atoms with Crippen LogP contribution in [0.3, 0.4) is 0 Å². The number of carbonyl (C=O) groups is 1. The van der Waals surface area contributed by atoms with Crippen molar-refractivity contribution < 1.29 is 14.6 Å². The molecule has 4 aromatic rings. The first-order valence-electron chi connectivity index (χ1n) is 7.49. The van der Waals surface area contributed by atoms with Crippen LogP contribution in [-0.2, 0) is 4.74 Å². The first kappa shape index (κ1) is 15.5. The third kappa shape index (κ3) is 2.49. The Hall–Kier alpha value is -3.06. The monoisotopic (exact) mass is 351 g/mol. The number of rotatable bonds is 3. The summed E-state index contributed by atoms with van der Waals surface area (Å²) in [6.45, 7) is 0. The standard InChI is InChI=1S/C18H13N3O3S/c1-24-18(23)15-16(22)12-8-5-9-13(25-11-6-3-2-4-7-11)14(12)17-19-10-20-21(15)17/h2-10,22H,1H3. The van der Waals surface area contributed by atoms with Crippen molar-refractivity contribution in [3.8, 4) is 5.75 Å². The summed E-state index contributed by atoms with van der Waals surface area (Å²) in [5.74, 6) is -0.841. The van der Waals surface area contributed by atoms with Gasteiger partial charge in [-0.25, -0.2) is 14.3 Å². The van der Waals surface area contributed by atoms with Crippen LogP contribution < -0.4 is 0 Å². The van der Waals surface area contributed by atoms with E-state index in [9.17, 15) is 9.90 Å². The van der Waals surface area contributed by atoms with Crippen LogP contribution >= 0.6 is 11.8 Å². The van der Waals surface area contributed by atoms with E-state index in [4.69, 9.17) is 4.74 Å². The molecule has 0 unspecified atom stereocenters.